The molecule has 0 unspecified atom stereocenters. The highest BCUT2D eigenvalue weighted by Gasteiger charge is 2.38. The summed E-state index contributed by atoms with van der Waals surface area (Å²) in [6.07, 6.45) is 7.75. The number of nitrogen functional groups attached to an aromatic ring is 1. The first kappa shape index (κ1) is 26.9. The molecule has 0 aliphatic carbocycles. The summed E-state index contributed by atoms with van der Waals surface area (Å²) >= 11 is 0. The predicted octanol–water partition coefficient (Wildman–Crippen LogP) is 4.33. The molecule has 3 N–H and O–H groups in total. The minimum atomic E-state index is -1.14. The van der Waals surface area contributed by atoms with Crippen molar-refractivity contribution in [2.75, 3.05) is 43.5 Å². The molecule has 1 amide bonds. The molecular formula is C33H38N6O3. The van der Waals surface area contributed by atoms with Crippen molar-refractivity contribution in [1.29, 1.82) is 0 Å². The fraction of sp³-hybridized carbons (Fsp3) is 0.424. The Bertz CT molecular complexity index is 1610. The van der Waals surface area contributed by atoms with Crippen LogP contribution in [-0.2, 0) is 15.1 Å². The summed E-state index contributed by atoms with van der Waals surface area (Å²) < 4.78 is 7.57. The van der Waals surface area contributed by atoms with Crippen LogP contribution in [0.25, 0.3) is 16.8 Å². The smallest absolute Gasteiger partial charge is 0.222 e. The second-order valence-electron chi connectivity index (χ2n) is 11.8. The zero-order valence-electron chi connectivity index (χ0n) is 24.1. The number of benzene rings is 2. The summed E-state index contributed by atoms with van der Waals surface area (Å²) in [5.74, 6) is 1.73. The van der Waals surface area contributed by atoms with Gasteiger partial charge in [-0.05, 0) is 48.9 Å². The van der Waals surface area contributed by atoms with Crippen LogP contribution in [0.15, 0.2) is 60.9 Å². The molecule has 7 rings (SSSR count). The number of anilines is 2. The van der Waals surface area contributed by atoms with Gasteiger partial charge in [-0.2, -0.15) is 0 Å². The molecule has 218 valence electrons. The van der Waals surface area contributed by atoms with Crippen LogP contribution in [0.5, 0.6) is 0 Å². The molecule has 5 heterocycles. The van der Waals surface area contributed by atoms with Gasteiger partial charge in [0.05, 0.1) is 13.2 Å². The molecule has 0 saturated carbocycles. The first-order valence-corrected chi connectivity index (χ1v) is 15.1. The Kier molecular flexibility index (Phi) is 6.86. The van der Waals surface area contributed by atoms with E-state index >= 15 is 0 Å². The lowest BCUT2D eigenvalue weighted by Crippen LogP contribution is -2.41. The summed E-state index contributed by atoms with van der Waals surface area (Å²) in [5.41, 5.74) is 10.6. The van der Waals surface area contributed by atoms with Gasteiger partial charge < -0.3 is 25.4 Å². The van der Waals surface area contributed by atoms with Crippen LogP contribution in [0, 0.1) is 0 Å². The van der Waals surface area contributed by atoms with Gasteiger partial charge >= 0.3 is 0 Å². The minimum Gasteiger partial charge on any atom is -0.382 e. The van der Waals surface area contributed by atoms with Gasteiger partial charge in [0.1, 0.15) is 28.5 Å². The highest BCUT2D eigenvalue weighted by molar-refractivity contribution is 5.85. The molecule has 2 aromatic heterocycles. The number of rotatable bonds is 6. The van der Waals surface area contributed by atoms with Crippen LogP contribution in [0.4, 0.5) is 11.5 Å². The van der Waals surface area contributed by atoms with Crippen LogP contribution in [0.2, 0.25) is 0 Å². The Morgan fingerprint density at radius 1 is 1.07 bits per heavy atom. The Labute approximate surface area is 245 Å². The Morgan fingerprint density at radius 2 is 1.88 bits per heavy atom. The highest BCUT2D eigenvalue weighted by Crippen LogP contribution is 2.39. The number of piperidine rings is 1. The standard InChI is InChI=1S/C33H38N6O3/c1-2-33(41,25-4-3-5-27(20-25)37-16-18-42-19-17-37)24-9-6-22(7-10-24)29-30-31(34)35-14-15-38(30)32(36-29)23-8-11-26-12-13-28(40)39(26)21-23/h3-7,9-10,14-15,20,23,26,41H,2,8,11-13,16-19,21H2,1H3,(H2,34,35)/t23-,26+,33+/m1/s1. The second-order valence-corrected chi connectivity index (χ2v) is 11.8. The third kappa shape index (κ3) is 4.51. The van der Waals surface area contributed by atoms with E-state index in [9.17, 15) is 9.90 Å². The van der Waals surface area contributed by atoms with Crippen molar-refractivity contribution in [2.24, 2.45) is 0 Å². The summed E-state index contributed by atoms with van der Waals surface area (Å²) in [7, 11) is 0. The third-order valence-corrected chi connectivity index (χ3v) is 9.54. The molecule has 2 aromatic carbocycles. The zero-order valence-corrected chi connectivity index (χ0v) is 24.1. The van der Waals surface area contributed by atoms with Crippen LogP contribution < -0.4 is 10.6 Å². The van der Waals surface area contributed by atoms with Crippen molar-refractivity contribution in [3.05, 3.63) is 77.9 Å². The molecule has 3 saturated heterocycles. The van der Waals surface area contributed by atoms with Crippen molar-refractivity contribution >= 4 is 22.9 Å². The van der Waals surface area contributed by atoms with Gasteiger partial charge in [-0.3, -0.25) is 9.20 Å². The Hall–Kier alpha value is -3.95. The van der Waals surface area contributed by atoms with E-state index in [1.165, 1.54) is 0 Å². The summed E-state index contributed by atoms with van der Waals surface area (Å²) in [5, 5.41) is 12.0. The maximum atomic E-state index is 12.5. The van der Waals surface area contributed by atoms with Crippen LogP contribution in [-0.4, -0.2) is 69.2 Å². The van der Waals surface area contributed by atoms with Gasteiger partial charge in [-0.1, -0.05) is 43.3 Å². The largest absolute Gasteiger partial charge is 0.382 e. The molecular weight excluding hydrogens is 528 g/mol. The van der Waals surface area contributed by atoms with E-state index in [0.717, 1.165) is 71.8 Å². The molecule has 9 nitrogen and oxygen atoms in total. The summed E-state index contributed by atoms with van der Waals surface area (Å²) in [6.45, 7) is 5.82. The first-order valence-electron chi connectivity index (χ1n) is 15.1. The monoisotopic (exact) mass is 566 g/mol. The van der Waals surface area contributed by atoms with Crippen molar-refractivity contribution in [3.63, 3.8) is 0 Å². The van der Waals surface area contributed by atoms with E-state index in [1.807, 2.05) is 54.4 Å². The van der Waals surface area contributed by atoms with E-state index < -0.39 is 5.60 Å². The van der Waals surface area contributed by atoms with Crippen LogP contribution in [0.3, 0.4) is 0 Å². The second kappa shape index (κ2) is 10.7. The number of amides is 1. The average Bonchev–Trinajstić information content (AvgIpc) is 3.62. The van der Waals surface area contributed by atoms with E-state index in [0.29, 0.717) is 44.5 Å². The Balaban J connectivity index is 1.22. The molecule has 42 heavy (non-hydrogen) atoms. The van der Waals surface area contributed by atoms with Gasteiger partial charge in [0.15, 0.2) is 0 Å². The molecule has 9 heteroatoms. The number of nitrogens with two attached hydrogens (primary N) is 1. The first-order chi connectivity index (χ1) is 20.5. The normalized spacial score (nSPS) is 22.4. The molecule has 0 bridgehead atoms. The van der Waals surface area contributed by atoms with Gasteiger partial charge in [0.25, 0.3) is 0 Å². The third-order valence-electron chi connectivity index (χ3n) is 9.54. The van der Waals surface area contributed by atoms with E-state index in [1.54, 1.807) is 6.20 Å². The lowest BCUT2D eigenvalue weighted by atomic mass is 9.83. The predicted molar refractivity (Wildman–Crippen MR) is 162 cm³/mol. The Morgan fingerprint density at radius 3 is 2.67 bits per heavy atom. The van der Waals surface area contributed by atoms with Crippen LogP contribution >= 0.6 is 0 Å². The van der Waals surface area contributed by atoms with Crippen LogP contribution in [0.1, 0.15) is 61.9 Å². The van der Waals surface area contributed by atoms with Crippen molar-refractivity contribution in [1.82, 2.24) is 19.3 Å². The number of nitrogens with zero attached hydrogens (tertiary/aromatic N) is 5. The lowest BCUT2D eigenvalue weighted by molar-refractivity contribution is -0.130. The maximum absolute atomic E-state index is 12.5. The van der Waals surface area contributed by atoms with E-state index in [4.69, 9.17) is 15.5 Å². The number of fused-ring (bicyclic) bond motifs is 2. The van der Waals surface area contributed by atoms with Gasteiger partial charge in [0.2, 0.25) is 5.91 Å². The SMILES string of the molecule is CC[C@](O)(c1ccc(-c2nc([C@@H]3CC[C@H]4CCC(=O)N4C3)n3ccnc(N)c23)cc1)c1cccc(N2CCOCC2)c1. The van der Waals surface area contributed by atoms with E-state index in [-0.39, 0.29) is 11.8 Å². The maximum Gasteiger partial charge on any atom is 0.222 e. The number of aromatic nitrogens is 3. The minimum absolute atomic E-state index is 0.134. The van der Waals surface area contributed by atoms with Crippen molar-refractivity contribution in [2.45, 2.75) is 56.6 Å². The highest BCUT2D eigenvalue weighted by atomic mass is 16.5. The molecule has 3 atom stereocenters. The number of carbonyl (C=O) groups is 1. The molecule has 0 radical (unpaired) electrons. The number of hydrogen-bond donors (Lipinski definition) is 2. The number of imidazole rings is 1. The van der Waals surface area contributed by atoms with E-state index in [2.05, 4.69) is 26.4 Å². The average molecular weight is 567 g/mol. The fourth-order valence-corrected chi connectivity index (χ4v) is 7.11. The van der Waals surface area contributed by atoms with Gasteiger partial charge in [0, 0.05) is 61.7 Å². The lowest BCUT2D eigenvalue weighted by Gasteiger charge is -2.34. The van der Waals surface area contributed by atoms with Gasteiger partial charge in [-0.25, -0.2) is 9.97 Å². The number of aliphatic hydroxyl groups is 1. The number of morpholine rings is 1. The molecule has 3 fully saturated rings. The van der Waals surface area contributed by atoms with Crippen molar-refractivity contribution in [3.8, 4) is 11.3 Å². The molecule has 3 aliphatic heterocycles. The molecule has 4 aromatic rings. The number of hydrogen-bond acceptors (Lipinski definition) is 7. The summed E-state index contributed by atoms with van der Waals surface area (Å²) in [6, 6.07) is 16.6. The number of ether oxygens (including phenoxy) is 1. The molecule has 3 aliphatic rings. The van der Waals surface area contributed by atoms with Gasteiger partial charge in [-0.15, -0.1) is 0 Å². The molecule has 0 spiro atoms. The fourth-order valence-electron chi connectivity index (χ4n) is 7.11. The number of carbonyl (C=O) groups excluding carboxylic acids is 1. The summed E-state index contributed by atoms with van der Waals surface area (Å²) in [4.78, 5) is 26.4. The van der Waals surface area contributed by atoms with Crippen molar-refractivity contribution < 1.29 is 14.6 Å². The quantitative estimate of drug-likeness (QED) is 0.358. The topological polar surface area (TPSA) is 109 Å². The zero-order chi connectivity index (χ0) is 28.8.